The molecule has 0 atom stereocenters. The Kier molecular flexibility index (Phi) is 5.50. The van der Waals surface area contributed by atoms with Crippen LogP contribution in [0.25, 0.3) is 0 Å². The maximum absolute atomic E-state index is 12.3. The third-order valence-corrected chi connectivity index (χ3v) is 3.06. The van der Waals surface area contributed by atoms with E-state index in [0.717, 1.165) is 12.1 Å². The Morgan fingerprint density at radius 1 is 0.760 bits per heavy atom. The monoisotopic (exact) mass is 416 g/mol. The van der Waals surface area contributed by atoms with Crippen LogP contribution in [-0.2, 0) is 0 Å². The second kappa shape index (κ2) is 7.00. The van der Waals surface area contributed by atoms with Crippen LogP contribution in [0, 0.1) is 20.2 Å². The summed E-state index contributed by atoms with van der Waals surface area (Å²) in [7, 11) is 0. The zero-order valence-electron chi connectivity index (χ0n) is 11.9. The molecule has 0 radical (unpaired) electrons. The summed E-state index contributed by atoms with van der Waals surface area (Å²) in [5.74, 6) is -4.99. The highest BCUT2D eigenvalue weighted by molar-refractivity contribution is 8.93. The number of carbonyl (C=O) groups excluding carboxylic acids is 1. The lowest BCUT2D eigenvalue weighted by atomic mass is 10.0. The Morgan fingerprint density at radius 3 is 1.36 bits per heavy atom. The van der Waals surface area contributed by atoms with E-state index in [1.165, 1.54) is 0 Å². The quantitative estimate of drug-likeness (QED) is 0.250. The van der Waals surface area contributed by atoms with Crippen LogP contribution in [-0.4, -0.2) is 36.1 Å². The van der Waals surface area contributed by atoms with E-state index in [4.69, 9.17) is 0 Å². The molecule has 132 valence electrons. The first-order valence-electron chi connectivity index (χ1n) is 6.09. The molecule has 0 saturated heterocycles. The van der Waals surface area contributed by atoms with Crippen LogP contribution in [0.1, 0.15) is 15.9 Å². The van der Waals surface area contributed by atoms with Gasteiger partial charge in [-0.2, -0.15) is 0 Å². The topological polar surface area (TPSA) is 184 Å². The van der Waals surface area contributed by atoms with E-state index in [-0.39, 0.29) is 17.0 Å². The van der Waals surface area contributed by atoms with Gasteiger partial charge in [0.05, 0.1) is 9.85 Å². The van der Waals surface area contributed by atoms with E-state index in [9.17, 15) is 45.4 Å². The summed E-state index contributed by atoms with van der Waals surface area (Å²) < 4.78 is 0. The molecule has 0 heterocycles. The molecule has 0 aliphatic carbocycles. The Balaban J connectivity index is 0.00000312. The Bertz CT molecular complexity index is 826. The van der Waals surface area contributed by atoms with Gasteiger partial charge in [-0.05, 0) is 12.1 Å². The Labute approximate surface area is 148 Å². The molecule has 0 saturated carbocycles. The summed E-state index contributed by atoms with van der Waals surface area (Å²) in [6.07, 6.45) is 0. The van der Waals surface area contributed by atoms with Crippen molar-refractivity contribution >= 4 is 34.1 Å². The number of aromatic hydroxyl groups is 4. The number of nitro groups is 2. The maximum atomic E-state index is 12.3. The van der Waals surface area contributed by atoms with Crippen molar-refractivity contribution in [2.24, 2.45) is 0 Å². The molecule has 25 heavy (non-hydrogen) atoms. The molecule has 4 N–H and O–H groups in total. The van der Waals surface area contributed by atoms with Crippen LogP contribution in [0.3, 0.4) is 0 Å². The third kappa shape index (κ3) is 3.58. The molecule has 2 rings (SSSR count). The molecule has 0 aromatic heterocycles. The molecule has 0 aliphatic rings. The number of phenolic OH excluding ortho intramolecular Hbond substituents is 4. The van der Waals surface area contributed by atoms with Gasteiger partial charge in [0.25, 0.3) is 0 Å². The lowest BCUT2D eigenvalue weighted by molar-refractivity contribution is -0.386. The van der Waals surface area contributed by atoms with Crippen molar-refractivity contribution in [1.29, 1.82) is 0 Å². The number of benzene rings is 2. The molecular formula is C13H9BrN2O9. The van der Waals surface area contributed by atoms with Crippen molar-refractivity contribution in [1.82, 2.24) is 0 Å². The van der Waals surface area contributed by atoms with Gasteiger partial charge in [-0.3, -0.25) is 25.0 Å². The number of hydrogen-bond acceptors (Lipinski definition) is 9. The number of halogens is 1. The van der Waals surface area contributed by atoms with Gasteiger partial charge in [0.1, 0.15) is 0 Å². The summed E-state index contributed by atoms with van der Waals surface area (Å²) in [4.78, 5) is 31.8. The Hall–Kier alpha value is -3.41. The molecular weight excluding hydrogens is 408 g/mol. The van der Waals surface area contributed by atoms with Crippen molar-refractivity contribution in [2.75, 3.05) is 0 Å². The predicted octanol–water partition coefficient (Wildman–Crippen LogP) is 2.13. The molecule has 11 nitrogen and oxygen atoms in total. The normalized spacial score (nSPS) is 9.92. The lowest BCUT2D eigenvalue weighted by Gasteiger charge is -2.06. The first-order valence-corrected chi connectivity index (χ1v) is 6.09. The molecule has 0 unspecified atom stereocenters. The fourth-order valence-electron chi connectivity index (χ4n) is 1.92. The van der Waals surface area contributed by atoms with Gasteiger partial charge < -0.3 is 20.4 Å². The summed E-state index contributed by atoms with van der Waals surface area (Å²) >= 11 is 0. The fourth-order valence-corrected chi connectivity index (χ4v) is 1.92. The molecule has 2 aromatic rings. The van der Waals surface area contributed by atoms with Crippen LogP contribution < -0.4 is 0 Å². The largest absolute Gasteiger partial charge is 0.504 e. The molecule has 12 heteroatoms. The van der Waals surface area contributed by atoms with E-state index < -0.39 is 61.1 Å². The van der Waals surface area contributed by atoms with Crippen molar-refractivity contribution in [3.05, 3.63) is 55.6 Å². The van der Waals surface area contributed by atoms with Gasteiger partial charge in [-0.15, -0.1) is 17.0 Å². The highest BCUT2D eigenvalue weighted by Gasteiger charge is 2.25. The second-order valence-electron chi connectivity index (χ2n) is 4.57. The number of rotatable bonds is 4. The van der Waals surface area contributed by atoms with Crippen molar-refractivity contribution < 1.29 is 35.1 Å². The second-order valence-corrected chi connectivity index (χ2v) is 4.57. The number of hydrogen-bond donors (Lipinski definition) is 4. The van der Waals surface area contributed by atoms with E-state index in [1.54, 1.807) is 0 Å². The predicted molar refractivity (Wildman–Crippen MR) is 86.6 cm³/mol. The minimum absolute atomic E-state index is 0. The number of carbonyl (C=O) groups is 1. The highest BCUT2D eigenvalue weighted by atomic mass is 79.9. The maximum Gasteiger partial charge on any atom is 0.315 e. The number of nitrogens with zero attached hydrogens (tertiary/aromatic N) is 2. The van der Waals surface area contributed by atoms with Crippen LogP contribution >= 0.6 is 17.0 Å². The minimum Gasteiger partial charge on any atom is -0.504 e. The van der Waals surface area contributed by atoms with Crippen LogP contribution in [0.15, 0.2) is 24.3 Å². The summed E-state index contributed by atoms with van der Waals surface area (Å²) in [5, 5.41) is 59.3. The standard InChI is InChI=1S/C13H8N2O9.BrH/c16-9-3-5(1-7(12(9)19)14(21)22)11(18)6-2-8(15(23)24)13(20)10(17)4-6;/h1-4,16-17,19-20H;1H. The van der Waals surface area contributed by atoms with E-state index in [0.29, 0.717) is 12.1 Å². The van der Waals surface area contributed by atoms with E-state index in [1.807, 2.05) is 0 Å². The van der Waals surface area contributed by atoms with Crippen LogP contribution in [0.2, 0.25) is 0 Å². The van der Waals surface area contributed by atoms with Crippen LogP contribution in [0.5, 0.6) is 23.0 Å². The highest BCUT2D eigenvalue weighted by Crippen LogP contribution is 2.39. The zero-order chi connectivity index (χ0) is 18.2. The van der Waals surface area contributed by atoms with Gasteiger partial charge in [-0.25, -0.2) is 0 Å². The average molecular weight is 417 g/mol. The summed E-state index contributed by atoms with van der Waals surface area (Å²) in [6, 6.07) is 2.76. The van der Waals surface area contributed by atoms with Gasteiger partial charge in [-0.1, -0.05) is 0 Å². The summed E-state index contributed by atoms with van der Waals surface area (Å²) in [5.41, 5.74) is -2.82. The molecule has 2 aromatic carbocycles. The van der Waals surface area contributed by atoms with Crippen molar-refractivity contribution in [2.45, 2.75) is 0 Å². The van der Waals surface area contributed by atoms with Crippen molar-refractivity contribution in [3.8, 4) is 23.0 Å². The third-order valence-electron chi connectivity index (χ3n) is 3.06. The van der Waals surface area contributed by atoms with Gasteiger partial charge in [0.2, 0.25) is 11.5 Å². The van der Waals surface area contributed by atoms with Crippen LogP contribution in [0.4, 0.5) is 11.4 Å². The van der Waals surface area contributed by atoms with Gasteiger partial charge in [0, 0.05) is 23.3 Å². The fraction of sp³-hybridized carbons (Fsp3) is 0. The lowest BCUT2D eigenvalue weighted by Crippen LogP contribution is -2.04. The first-order chi connectivity index (χ1) is 11.1. The average Bonchev–Trinajstić information content (AvgIpc) is 2.50. The van der Waals surface area contributed by atoms with E-state index in [2.05, 4.69) is 0 Å². The molecule has 0 bridgehead atoms. The smallest absolute Gasteiger partial charge is 0.315 e. The van der Waals surface area contributed by atoms with E-state index >= 15 is 0 Å². The molecule has 0 fully saturated rings. The zero-order valence-corrected chi connectivity index (χ0v) is 13.7. The van der Waals surface area contributed by atoms with Gasteiger partial charge in [0.15, 0.2) is 17.3 Å². The SMILES string of the molecule is Br.O=C(c1cc(O)c(O)c([N+](=O)[O-])c1)c1cc(O)c(O)c([N+](=O)[O-])c1. The number of phenols is 4. The minimum atomic E-state index is -1.05. The van der Waals surface area contributed by atoms with Crippen molar-refractivity contribution in [3.63, 3.8) is 0 Å². The number of ketones is 1. The molecule has 0 aliphatic heterocycles. The Morgan fingerprint density at radius 2 is 1.08 bits per heavy atom. The number of nitro benzene ring substituents is 2. The summed E-state index contributed by atoms with van der Waals surface area (Å²) in [6.45, 7) is 0. The van der Waals surface area contributed by atoms with Gasteiger partial charge >= 0.3 is 11.4 Å². The first kappa shape index (κ1) is 19.6. The molecule has 0 amide bonds. The molecule has 0 spiro atoms.